The van der Waals surface area contributed by atoms with E-state index in [1.165, 1.54) is 11.1 Å². The molecule has 0 saturated heterocycles. The second kappa shape index (κ2) is 8.37. The van der Waals surface area contributed by atoms with E-state index in [2.05, 4.69) is 66.1 Å². The van der Waals surface area contributed by atoms with Gasteiger partial charge in [-0.1, -0.05) is 49.4 Å². The van der Waals surface area contributed by atoms with Crippen molar-refractivity contribution < 1.29 is 0 Å². The van der Waals surface area contributed by atoms with Crippen LogP contribution in [0.5, 0.6) is 0 Å². The molecular formula is C20H25N3OS2. The first-order valence-corrected chi connectivity index (χ1v) is 10.8. The Bertz CT molecular complexity index is 957. The first-order chi connectivity index (χ1) is 12.5. The third-order valence-corrected chi connectivity index (χ3v) is 6.36. The minimum Gasteiger partial charge on any atom is -0.303 e. The van der Waals surface area contributed by atoms with Gasteiger partial charge in [-0.15, -0.1) is 11.3 Å². The molecule has 2 aromatic heterocycles. The minimum absolute atomic E-state index is 0.0448. The molecule has 0 atom stereocenters. The summed E-state index contributed by atoms with van der Waals surface area (Å²) >= 11 is 3.16. The molecule has 0 spiro atoms. The van der Waals surface area contributed by atoms with Gasteiger partial charge in [-0.05, 0) is 38.1 Å². The fourth-order valence-corrected chi connectivity index (χ4v) is 4.98. The van der Waals surface area contributed by atoms with E-state index in [9.17, 15) is 4.79 Å². The van der Waals surface area contributed by atoms with Crippen LogP contribution in [-0.2, 0) is 0 Å². The number of rotatable bonds is 7. The Morgan fingerprint density at radius 2 is 1.96 bits per heavy atom. The monoisotopic (exact) mass is 387 g/mol. The van der Waals surface area contributed by atoms with Crippen LogP contribution in [0.3, 0.4) is 0 Å². The number of fused-ring (bicyclic) bond motifs is 1. The number of aromatic nitrogens is 2. The molecule has 0 aliphatic rings. The van der Waals surface area contributed by atoms with Crippen molar-refractivity contribution in [1.29, 1.82) is 0 Å². The van der Waals surface area contributed by atoms with Crippen molar-refractivity contribution in [2.45, 2.75) is 32.9 Å². The van der Waals surface area contributed by atoms with Crippen molar-refractivity contribution in [3.8, 4) is 11.1 Å². The van der Waals surface area contributed by atoms with Gasteiger partial charge in [0.25, 0.3) is 5.56 Å². The number of nitrogens with one attached hydrogen (secondary N) is 1. The average molecular weight is 388 g/mol. The SMILES string of the molecule is CCN(CC)CCSc1nc2scc(-c3ccc(C)cc3C)c2c(=O)[nH]1. The van der Waals surface area contributed by atoms with Gasteiger partial charge in [0.1, 0.15) is 4.83 Å². The van der Waals surface area contributed by atoms with Crippen molar-refractivity contribution >= 4 is 33.3 Å². The van der Waals surface area contributed by atoms with Crippen LogP contribution in [0.4, 0.5) is 0 Å². The van der Waals surface area contributed by atoms with Gasteiger partial charge < -0.3 is 9.88 Å². The summed E-state index contributed by atoms with van der Waals surface area (Å²) in [7, 11) is 0. The minimum atomic E-state index is -0.0448. The third kappa shape index (κ3) is 4.03. The molecule has 2 heterocycles. The van der Waals surface area contributed by atoms with E-state index in [0.717, 1.165) is 41.3 Å². The lowest BCUT2D eigenvalue weighted by Gasteiger charge is -2.16. The predicted molar refractivity (Wildman–Crippen MR) is 114 cm³/mol. The van der Waals surface area contributed by atoms with Gasteiger partial charge in [-0.25, -0.2) is 4.98 Å². The molecule has 0 saturated carbocycles. The molecule has 3 rings (SSSR count). The van der Waals surface area contributed by atoms with Gasteiger partial charge in [0.2, 0.25) is 0 Å². The Balaban J connectivity index is 1.88. The highest BCUT2D eigenvalue weighted by molar-refractivity contribution is 7.99. The van der Waals surface area contributed by atoms with Crippen LogP contribution >= 0.6 is 23.1 Å². The van der Waals surface area contributed by atoms with Crippen LogP contribution in [-0.4, -0.2) is 40.3 Å². The van der Waals surface area contributed by atoms with Crippen LogP contribution in [0.1, 0.15) is 25.0 Å². The molecule has 6 heteroatoms. The quantitative estimate of drug-likeness (QED) is 0.471. The van der Waals surface area contributed by atoms with E-state index >= 15 is 0 Å². The van der Waals surface area contributed by atoms with E-state index in [1.54, 1.807) is 23.1 Å². The van der Waals surface area contributed by atoms with Gasteiger partial charge >= 0.3 is 0 Å². The molecule has 0 aliphatic carbocycles. The average Bonchev–Trinajstić information content (AvgIpc) is 3.03. The van der Waals surface area contributed by atoms with E-state index < -0.39 is 0 Å². The Kier molecular flexibility index (Phi) is 6.16. The zero-order chi connectivity index (χ0) is 18.7. The maximum absolute atomic E-state index is 12.7. The smallest absolute Gasteiger partial charge is 0.260 e. The van der Waals surface area contributed by atoms with Gasteiger partial charge in [0.05, 0.1) is 5.39 Å². The zero-order valence-electron chi connectivity index (χ0n) is 15.8. The zero-order valence-corrected chi connectivity index (χ0v) is 17.4. The molecule has 3 aromatic rings. The maximum Gasteiger partial charge on any atom is 0.260 e. The number of thioether (sulfide) groups is 1. The normalized spacial score (nSPS) is 11.6. The van der Waals surface area contributed by atoms with Crippen LogP contribution in [0.25, 0.3) is 21.3 Å². The Morgan fingerprint density at radius 1 is 1.19 bits per heavy atom. The topological polar surface area (TPSA) is 49.0 Å². The lowest BCUT2D eigenvalue weighted by Crippen LogP contribution is -2.25. The highest BCUT2D eigenvalue weighted by atomic mass is 32.2. The van der Waals surface area contributed by atoms with Crippen LogP contribution in [0.2, 0.25) is 0 Å². The summed E-state index contributed by atoms with van der Waals surface area (Å²) in [5.74, 6) is 0.922. The fourth-order valence-electron chi connectivity index (χ4n) is 3.12. The molecule has 0 unspecified atom stereocenters. The van der Waals surface area contributed by atoms with Crippen LogP contribution < -0.4 is 5.56 Å². The van der Waals surface area contributed by atoms with Gasteiger partial charge in [0.15, 0.2) is 5.16 Å². The lowest BCUT2D eigenvalue weighted by molar-refractivity contribution is 0.324. The second-order valence-corrected chi connectivity index (χ2v) is 8.34. The molecule has 26 heavy (non-hydrogen) atoms. The summed E-state index contributed by atoms with van der Waals surface area (Å²) < 4.78 is 0. The first kappa shape index (κ1) is 19.1. The van der Waals surface area contributed by atoms with E-state index in [4.69, 9.17) is 0 Å². The number of benzene rings is 1. The number of hydrogen-bond acceptors (Lipinski definition) is 5. The summed E-state index contributed by atoms with van der Waals surface area (Å²) in [6, 6.07) is 6.33. The number of aryl methyl sites for hydroxylation is 2. The van der Waals surface area contributed by atoms with E-state index in [1.807, 2.05) is 0 Å². The van der Waals surface area contributed by atoms with E-state index in [0.29, 0.717) is 10.5 Å². The molecule has 0 radical (unpaired) electrons. The van der Waals surface area contributed by atoms with Crippen molar-refractivity contribution in [1.82, 2.24) is 14.9 Å². The number of H-pyrrole nitrogens is 1. The van der Waals surface area contributed by atoms with Gasteiger partial charge in [-0.3, -0.25) is 4.79 Å². The molecule has 138 valence electrons. The molecular weight excluding hydrogens is 362 g/mol. The molecule has 0 aliphatic heterocycles. The highest BCUT2D eigenvalue weighted by Gasteiger charge is 2.14. The molecule has 0 fully saturated rings. The Labute approximate surface area is 162 Å². The summed E-state index contributed by atoms with van der Waals surface area (Å²) in [6.07, 6.45) is 0. The largest absolute Gasteiger partial charge is 0.303 e. The summed E-state index contributed by atoms with van der Waals surface area (Å²) in [5, 5.41) is 3.47. The number of aromatic amines is 1. The Hall–Kier alpha value is -1.63. The molecule has 0 bridgehead atoms. The standard InChI is InChI=1S/C20H25N3OS2/c1-5-23(6-2)9-10-25-20-21-18(24)17-16(12-26-19(17)22-20)15-8-7-13(3)11-14(15)4/h7-8,11-12H,5-6,9-10H2,1-4H3,(H,21,22,24). The summed E-state index contributed by atoms with van der Waals surface area (Å²) in [6.45, 7) is 11.6. The van der Waals surface area contributed by atoms with Crippen LogP contribution in [0.15, 0.2) is 33.5 Å². The maximum atomic E-state index is 12.7. The van der Waals surface area contributed by atoms with Crippen molar-refractivity contribution in [3.05, 3.63) is 45.1 Å². The molecule has 1 N–H and O–H groups in total. The lowest BCUT2D eigenvalue weighted by atomic mass is 9.99. The van der Waals surface area contributed by atoms with Gasteiger partial charge in [0, 0.05) is 23.2 Å². The Morgan fingerprint density at radius 3 is 2.65 bits per heavy atom. The van der Waals surface area contributed by atoms with Crippen LogP contribution in [0, 0.1) is 13.8 Å². The van der Waals surface area contributed by atoms with Crippen molar-refractivity contribution in [2.75, 3.05) is 25.4 Å². The second-order valence-electron chi connectivity index (χ2n) is 6.39. The molecule has 0 amide bonds. The number of nitrogens with zero attached hydrogens (tertiary/aromatic N) is 2. The number of thiophene rings is 1. The summed E-state index contributed by atoms with van der Waals surface area (Å²) in [5.41, 5.74) is 4.45. The third-order valence-electron chi connectivity index (χ3n) is 4.64. The first-order valence-electron chi connectivity index (χ1n) is 8.97. The van der Waals surface area contributed by atoms with E-state index in [-0.39, 0.29) is 5.56 Å². The predicted octanol–water partition coefficient (Wildman–Crippen LogP) is 4.70. The van der Waals surface area contributed by atoms with Crippen molar-refractivity contribution in [2.24, 2.45) is 0 Å². The molecule has 1 aromatic carbocycles. The highest BCUT2D eigenvalue weighted by Crippen LogP contribution is 2.33. The number of hydrogen-bond donors (Lipinski definition) is 1. The molecule has 4 nitrogen and oxygen atoms in total. The van der Waals surface area contributed by atoms with Gasteiger partial charge in [-0.2, -0.15) is 0 Å². The van der Waals surface area contributed by atoms with Crippen molar-refractivity contribution in [3.63, 3.8) is 0 Å². The summed E-state index contributed by atoms with van der Waals surface area (Å²) in [4.78, 5) is 23.6. The fraction of sp³-hybridized carbons (Fsp3) is 0.400.